The van der Waals surface area contributed by atoms with Crippen LogP contribution in [-0.4, -0.2) is 21.0 Å². The average Bonchev–Trinajstić information content (AvgIpc) is 3.00. The SMILES string of the molecule is CC(NC(=O)C1(N)CC1)c1cccc(-n2ccnc2)c1.Cl.Cl. The molecule has 1 aromatic carbocycles. The van der Waals surface area contributed by atoms with E-state index in [2.05, 4.69) is 10.3 Å². The number of carbonyl (C=O) groups excluding carboxylic acids is 1. The normalized spacial score (nSPS) is 15.9. The average molecular weight is 343 g/mol. The Kier molecular flexibility index (Phi) is 6.00. The van der Waals surface area contributed by atoms with Gasteiger partial charge in [0.15, 0.2) is 0 Å². The Morgan fingerprint density at radius 1 is 1.41 bits per heavy atom. The molecule has 0 saturated heterocycles. The number of nitrogens with zero attached hydrogens (tertiary/aromatic N) is 2. The molecule has 1 aliphatic rings. The van der Waals surface area contributed by atoms with Crippen molar-refractivity contribution in [2.75, 3.05) is 0 Å². The van der Waals surface area contributed by atoms with Crippen molar-refractivity contribution in [1.29, 1.82) is 0 Å². The molecule has 120 valence electrons. The minimum absolute atomic E-state index is 0. The molecule has 5 nitrogen and oxygen atoms in total. The number of carbonyl (C=O) groups is 1. The predicted octanol–water partition coefficient (Wildman–Crippen LogP) is 2.38. The van der Waals surface area contributed by atoms with Crippen LogP contribution in [0.15, 0.2) is 43.0 Å². The monoisotopic (exact) mass is 342 g/mol. The lowest BCUT2D eigenvalue weighted by Crippen LogP contribution is -2.43. The van der Waals surface area contributed by atoms with Gasteiger partial charge in [0, 0.05) is 18.1 Å². The molecule has 0 bridgehead atoms. The van der Waals surface area contributed by atoms with Gasteiger partial charge in [-0.15, -0.1) is 24.8 Å². The molecule has 1 aliphatic carbocycles. The molecule has 0 radical (unpaired) electrons. The van der Waals surface area contributed by atoms with E-state index >= 15 is 0 Å². The van der Waals surface area contributed by atoms with Gasteiger partial charge >= 0.3 is 0 Å². The molecule has 1 unspecified atom stereocenters. The summed E-state index contributed by atoms with van der Waals surface area (Å²) in [6.07, 6.45) is 6.94. The third-order valence-corrected chi connectivity index (χ3v) is 3.76. The highest BCUT2D eigenvalue weighted by molar-refractivity contribution is 5.89. The predicted molar refractivity (Wildman–Crippen MR) is 90.8 cm³/mol. The first-order valence-electron chi connectivity index (χ1n) is 6.77. The number of nitrogens with two attached hydrogens (primary N) is 1. The Morgan fingerprint density at radius 2 is 2.14 bits per heavy atom. The fourth-order valence-electron chi connectivity index (χ4n) is 2.15. The van der Waals surface area contributed by atoms with E-state index in [9.17, 15) is 4.79 Å². The van der Waals surface area contributed by atoms with Gasteiger partial charge in [0.05, 0.1) is 17.9 Å². The number of nitrogens with one attached hydrogen (secondary N) is 1. The highest BCUT2D eigenvalue weighted by Crippen LogP contribution is 2.33. The molecule has 3 N–H and O–H groups in total. The minimum Gasteiger partial charge on any atom is -0.348 e. The molecule has 1 fully saturated rings. The minimum atomic E-state index is -0.629. The number of imidazole rings is 1. The highest BCUT2D eigenvalue weighted by atomic mass is 35.5. The Morgan fingerprint density at radius 3 is 2.73 bits per heavy atom. The van der Waals surface area contributed by atoms with Gasteiger partial charge in [-0.2, -0.15) is 0 Å². The maximum Gasteiger partial charge on any atom is 0.240 e. The number of aromatic nitrogens is 2. The summed E-state index contributed by atoms with van der Waals surface area (Å²) in [4.78, 5) is 16.0. The van der Waals surface area contributed by atoms with Crippen LogP contribution in [-0.2, 0) is 4.79 Å². The molecular formula is C15H20Cl2N4O. The molecule has 1 aromatic heterocycles. The van der Waals surface area contributed by atoms with Gasteiger partial charge in [-0.25, -0.2) is 4.98 Å². The topological polar surface area (TPSA) is 72.9 Å². The van der Waals surface area contributed by atoms with Gasteiger partial charge in [0.25, 0.3) is 0 Å². The zero-order valence-electron chi connectivity index (χ0n) is 12.2. The van der Waals surface area contributed by atoms with Gasteiger partial charge in [-0.3, -0.25) is 4.79 Å². The lowest BCUT2D eigenvalue weighted by Gasteiger charge is -2.18. The third-order valence-electron chi connectivity index (χ3n) is 3.76. The molecule has 1 saturated carbocycles. The summed E-state index contributed by atoms with van der Waals surface area (Å²) in [5.41, 5.74) is 7.34. The number of amides is 1. The summed E-state index contributed by atoms with van der Waals surface area (Å²) in [6, 6.07) is 7.96. The van der Waals surface area contributed by atoms with Crippen LogP contribution in [0.4, 0.5) is 0 Å². The van der Waals surface area contributed by atoms with Crippen molar-refractivity contribution in [3.8, 4) is 5.69 Å². The third kappa shape index (κ3) is 3.80. The molecule has 2 aromatic rings. The first-order chi connectivity index (χ1) is 9.58. The van der Waals surface area contributed by atoms with Crippen molar-refractivity contribution in [2.24, 2.45) is 5.73 Å². The van der Waals surface area contributed by atoms with E-state index in [-0.39, 0.29) is 36.8 Å². The van der Waals surface area contributed by atoms with Crippen LogP contribution in [0, 0.1) is 0 Å². The summed E-state index contributed by atoms with van der Waals surface area (Å²) in [6.45, 7) is 1.97. The zero-order valence-corrected chi connectivity index (χ0v) is 13.9. The lowest BCUT2D eigenvalue weighted by molar-refractivity contribution is -0.123. The first-order valence-corrected chi connectivity index (χ1v) is 6.77. The molecule has 3 rings (SSSR count). The quantitative estimate of drug-likeness (QED) is 0.895. The van der Waals surface area contributed by atoms with Gasteiger partial charge in [0.2, 0.25) is 5.91 Å². The van der Waals surface area contributed by atoms with Gasteiger partial charge < -0.3 is 15.6 Å². The summed E-state index contributed by atoms with van der Waals surface area (Å²) in [5.74, 6) is -0.0574. The smallest absolute Gasteiger partial charge is 0.240 e. The molecule has 7 heteroatoms. The van der Waals surface area contributed by atoms with E-state index < -0.39 is 5.54 Å². The zero-order chi connectivity index (χ0) is 14.2. The number of hydrogen-bond acceptors (Lipinski definition) is 3. The molecule has 1 heterocycles. The van der Waals surface area contributed by atoms with Crippen LogP contribution in [0.1, 0.15) is 31.4 Å². The van der Waals surface area contributed by atoms with Gasteiger partial charge in [-0.05, 0) is 37.5 Å². The van der Waals surface area contributed by atoms with Crippen molar-refractivity contribution in [1.82, 2.24) is 14.9 Å². The molecular weight excluding hydrogens is 323 g/mol. The molecule has 22 heavy (non-hydrogen) atoms. The van der Waals surface area contributed by atoms with Crippen molar-refractivity contribution < 1.29 is 4.79 Å². The van der Waals surface area contributed by atoms with Gasteiger partial charge in [0.1, 0.15) is 0 Å². The molecule has 0 aliphatic heterocycles. The summed E-state index contributed by atoms with van der Waals surface area (Å²) < 4.78 is 1.93. The Hall–Kier alpha value is -1.56. The van der Waals surface area contributed by atoms with Crippen LogP contribution in [0.25, 0.3) is 5.69 Å². The Labute approximate surface area is 142 Å². The van der Waals surface area contributed by atoms with E-state index in [1.807, 2.05) is 42.0 Å². The van der Waals surface area contributed by atoms with Crippen LogP contribution in [0.5, 0.6) is 0 Å². The lowest BCUT2D eigenvalue weighted by atomic mass is 10.1. The van der Waals surface area contributed by atoms with Crippen molar-refractivity contribution in [3.63, 3.8) is 0 Å². The van der Waals surface area contributed by atoms with Crippen molar-refractivity contribution in [2.45, 2.75) is 31.3 Å². The fourth-order valence-corrected chi connectivity index (χ4v) is 2.15. The second-order valence-corrected chi connectivity index (χ2v) is 5.42. The second kappa shape index (κ2) is 7.13. The fraction of sp³-hybridized carbons (Fsp3) is 0.333. The number of hydrogen-bond donors (Lipinski definition) is 2. The first kappa shape index (κ1) is 18.5. The number of halogens is 2. The Bertz CT molecular complexity index is 626. The number of benzene rings is 1. The summed E-state index contributed by atoms with van der Waals surface area (Å²) >= 11 is 0. The van der Waals surface area contributed by atoms with E-state index in [4.69, 9.17) is 5.73 Å². The standard InChI is InChI=1S/C15H18N4O.2ClH/c1-11(18-14(20)15(16)5-6-15)12-3-2-4-13(9-12)19-8-7-17-10-19;;/h2-4,7-11H,5-6,16H2,1H3,(H,18,20);2*1H. The molecule has 0 spiro atoms. The second-order valence-electron chi connectivity index (χ2n) is 5.42. The van der Waals surface area contributed by atoms with E-state index in [1.165, 1.54) is 0 Å². The molecule has 1 amide bonds. The maximum atomic E-state index is 12.0. The van der Waals surface area contributed by atoms with E-state index in [1.54, 1.807) is 12.5 Å². The Balaban J connectivity index is 0.00000121. The van der Waals surface area contributed by atoms with E-state index in [0.717, 1.165) is 24.1 Å². The largest absolute Gasteiger partial charge is 0.348 e. The van der Waals surface area contributed by atoms with Gasteiger partial charge in [-0.1, -0.05) is 12.1 Å². The molecule has 1 atom stereocenters. The highest BCUT2D eigenvalue weighted by Gasteiger charge is 2.46. The summed E-state index contributed by atoms with van der Waals surface area (Å²) in [5, 5.41) is 2.98. The van der Waals surface area contributed by atoms with E-state index in [0.29, 0.717) is 0 Å². The maximum absolute atomic E-state index is 12.0. The van der Waals surface area contributed by atoms with Crippen molar-refractivity contribution in [3.05, 3.63) is 48.5 Å². The van der Waals surface area contributed by atoms with Crippen LogP contribution < -0.4 is 11.1 Å². The van der Waals surface area contributed by atoms with Crippen LogP contribution >= 0.6 is 24.8 Å². The van der Waals surface area contributed by atoms with Crippen molar-refractivity contribution >= 4 is 30.7 Å². The summed E-state index contributed by atoms with van der Waals surface area (Å²) in [7, 11) is 0. The van der Waals surface area contributed by atoms with Crippen LogP contribution in [0.3, 0.4) is 0 Å². The van der Waals surface area contributed by atoms with Crippen LogP contribution in [0.2, 0.25) is 0 Å². The number of rotatable bonds is 4.